The standard InChI is InChI=1S/C12H15NO3.CH4S/c1-13-12(14)9-5-8-6-10(15-2)3-4-11(8)16-7-9;1-2/h3-4,6,9H,5,7H2,1-2H3,(H,13,14);2H,1H3. The molecule has 1 heterocycles. The maximum atomic E-state index is 11.5. The first-order valence-electron chi connectivity index (χ1n) is 5.70. The molecule has 1 aromatic carbocycles. The molecule has 2 rings (SSSR count). The van der Waals surface area contributed by atoms with Crippen molar-refractivity contribution in [3.8, 4) is 11.5 Å². The molecule has 1 unspecified atom stereocenters. The summed E-state index contributed by atoms with van der Waals surface area (Å²) in [6.45, 7) is 0.443. The number of nitrogens with one attached hydrogen (secondary N) is 1. The van der Waals surface area contributed by atoms with Gasteiger partial charge in [0.25, 0.3) is 0 Å². The smallest absolute Gasteiger partial charge is 0.226 e. The SMILES string of the molecule is CNC(=O)C1COc2ccc(OC)cc2C1.CS. The Hall–Kier alpha value is -1.36. The van der Waals surface area contributed by atoms with Gasteiger partial charge in [-0.3, -0.25) is 4.79 Å². The van der Waals surface area contributed by atoms with E-state index in [1.54, 1.807) is 20.4 Å². The highest BCUT2D eigenvalue weighted by atomic mass is 32.1. The van der Waals surface area contributed by atoms with Crippen LogP contribution in [0.4, 0.5) is 0 Å². The lowest BCUT2D eigenvalue weighted by Gasteiger charge is -2.24. The van der Waals surface area contributed by atoms with Gasteiger partial charge in [0.05, 0.1) is 13.0 Å². The predicted octanol–water partition coefficient (Wildman–Crippen LogP) is 1.54. The second kappa shape index (κ2) is 7.16. The highest BCUT2D eigenvalue weighted by molar-refractivity contribution is 7.79. The number of thiol groups is 1. The number of carbonyl (C=O) groups is 1. The molecule has 0 aliphatic carbocycles. The van der Waals surface area contributed by atoms with Crippen LogP contribution >= 0.6 is 12.6 Å². The second-order valence-electron chi connectivity index (χ2n) is 3.80. The summed E-state index contributed by atoms with van der Waals surface area (Å²) < 4.78 is 10.7. The number of rotatable bonds is 2. The predicted molar refractivity (Wildman–Crippen MR) is 74.7 cm³/mol. The Kier molecular flexibility index (Phi) is 5.85. The van der Waals surface area contributed by atoms with Gasteiger partial charge in [-0.15, -0.1) is 0 Å². The normalized spacial score (nSPS) is 16.6. The molecule has 0 aromatic heterocycles. The topological polar surface area (TPSA) is 47.6 Å². The van der Waals surface area contributed by atoms with E-state index in [9.17, 15) is 4.79 Å². The first kappa shape index (κ1) is 14.7. The summed E-state index contributed by atoms with van der Waals surface area (Å²) in [4.78, 5) is 11.5. The summed E-state index contributed by atoms with van der Waals surface area (Å²) >= 11 is 3.53. The average molecular weight is 269 g/mol. The lowest BCUT2D eigenvalue weighted by molar-refractivity contribution is -0.125. The monoisotopic (exact) mass is 269 g/mol. The number of benzene rings is 1. The maximum Gasteiger partial charge on any atom is 0.226 e. The molecule has 0 fully saturated rings. The molecule has 1 aliphatic rings. The first-order chi connectivity index (χ1) is 8.74. The van der Waals surface area contributed by atoms with E-state index in [-0.39, 0.29) is 11.8 Å². The van der Waals surface area contributed by atoms with Crippen LogP contribution in [0.5, 0.6) is 11.5 Å². The zero-order valence-electron chi connectivity index (χ0n) is 10.9. The van der Waals surface area contributed by atoms with Crippen LogP contribution in [0.2, 0.25) is 0 Å². The van der Waals surface area contributed by atoms with Crippen molar-refractivity contribution in [3.63, 3.8) is 0 Å². The van der Waals surface area contributed by atoms with Crippen molar-refractivity contribution in [2.24, 2.45) is 5.92 Å². The molecule has 1 amide bonds. The molecule has 1 N–H and O–H groups in total. The lowest BCUT2D eigenvalue weighted by Crippen LogP contribution is -2.35. The number of ether oxygens (including phenoxy) is 2. The largest absolute Gasteiger partial charge is 0.497 e. The van der Waals surface area contributed by atoms with Gasteiger partial charge in [0.15, 0.2) is 0 Å². The van der Waals surface area contributed by atoms with Gasteiger partial charge in [-0.2, -0.15) is 12.6 Å². The molecule has 1 aromatic rings. The molecule has 0 radical (unpaired) electrons. The third kappa shape index (κ3) is 3.32. The van der Waals surface area contributed by atoms with E-state index >= 15 is 0 Å². The van der Waals surface area contributed by atoms with Crippen molar-refractivity contribution in [1.29, 1.82) is 0 Å². The molecule has 0 bridgehead atoms. The van der Waals surface area contributed by atoms with E-state index < -0.39 is 0 Å². The van der Waals surface area contributed by atoms with Gasteiger partial charge in [-0.25, -0.2) is 0 Å². The number of hydrogen-bond donors (Lipinski definition) is 2. The van der Waals surface area contributed by atoms with Gasteiger partial charge in [-0.05, 0) is 36.4 Å². The number of amides is 1. The summed E-state index contributed by atoms with van der Waals surface area (Å²) in [5.41, 5.74) is 1.03. The van der Waals surface area contributed by atoms with Crippen LogP contribution in [0, 0.1) is 5.92 Å². The third-order valence-corrected chi connectivity index (χ3v) is 2.79. The van der Waals surface area contributed by atoms with Crippen molar-refractivity contribution in [1.82, 2.24) is 5.32 Å². The summed E-state index contributed by atoms with van der Waals surface area (Å²) in [5.74, 6) is 1.55. The zero-order chi connectivity index (χ0) is 13.5. The Morgan fingerprint density at radius 2 is 2.22 bits per heavy atom. The first-order valence-corrected chi connectivity index (χ1v) is 6.60. The summed E-state index contributed by atoms with van der Waals surface area (Å²) in [6, 6.07) is 5.66. The molecule has 18 heavy (non-hydrogen) atoms. The molecule has 5 heteroatoms. The van der Waals surface area contributed by atoms with Crippen LogP contribution in [0.1, 0.15) is 5.56 Å². The van der Waals surface area contributed by atoms with Gasteiger partial charge in [0, 0.05) is 7.05 Å². The minimum atomic E-state index is -0.107. The van der Waals surface area contributed by atoms with Crippen molar-refractivity contribution in [3.05, 3.63) is 23.8 Å². The minimum absolute atomic E-state index is 0.0217. The lowest BCUT2D eigenvalue weighted by atomic mass is 9.96. The summed E-state index contributed by atoms with van der Waals surface area (Å²) in [5, 5.41) is 2.64. The molecule has 1 aliphatic heterocycles. The number of hydrogen-bond acceptors (Lipinski definition) is 4. The Bertz CT molecular complexity index is 409. The van der Waals surface area contributed by atoms with E-state index in [1.807, 2.05) is 18.2 Å². The Morgan fingerprint density at radius 1 is 1.50 bits per heavy atom. The van der Waals surface area contributed by atoms with E-state index in [0.717, 1.165) is 17.1 Å². The average Bonchev–Trinajstić information content (AvgIpc) is 2.47. The molecule has 0 saturated carbocycles. The number of carbonyl (C=O) groups excluding carboxylic acids is 1. The van der Waals surface area contributed by atoms with Crippen LogP contribution in [0.15, 0.2) is 18.2 Å². The van der Waals surface area contributed by atoms with Gasteiger partial charge in [-0.1, -0.05) is 0 Å². The fourth-order valence-corrected chi connectivity index (χ4v) is 1.87. The van der Waals surface area contributed by atoms with Crippen LogP contribution in [0.3, 0.4) is 0 Å². The van der Waals surface area contributed by atoms with Crippen LogP contribution in [-0.4, -0.2) is 32.9 Å². The second-order valence-corrected chi connectivity index (χ2v) is 3.80. The number of fused-ring (bicyclic) bond motifs is 1. The van der Waals surface area contributed by atoms with Gasteiger partial charge >= 0.3 is 0 Å². The van der Waals surface area contributed by atoms with E-state index in [1.165, 1.54) is 0 Å². The summed E-state index contributed by atoms with van der Waals surface area (Å²) in [6.07, 6.45) is 2.40. The van der Waals surface area contributed by atoms with Crippen molar-refractivity contribution >= 4 is 18.5 Å². The minimum Gasteiger partial charge on any atom is -0.497 e. The van der Waals surface area contributed by atoms with Crippen LogP contribution in [0.25, 0.3) is 0 Å². The fraction of sp³-hybridized carbons (Fsp3) is 0.462. The quantitative estimate of drug-likeness (QED) is 0.801. The van der Waals surface area contributed by atoms with Crippen LogP contribution < -0.4 is 14.8 Å². The van der Waals surface area contributed by atoms with E-state index in [2.05, 4.69) is 17.9 Å². The van der Waals surface area contributed by atoms with Gasteiger partial charge in [0.1, 0.15) is 18.1 Å². The van der Waals surface area contributed by atoms with E-state index in [0.29, 0.717) is 13.0 Å². The van der Waals surface area contributed by atoms with Crippen molar-refractivity contribution < 1.29 is 14.3 Å². The van der Waals surface area contributed by atoms with Gasteiger partial charge in [0.2, 0.25) is 5.91 Å². The Morgan fingerprint density at radius 3 is 2.83 bits per heavy atom. The Labute approximate surface area is 113 Å². The molecule has 4 nitrogen and oxygen atoms in total. The molecule has 1 atom stereocenters. The molecule has 0 saturated heterocycles. The van der Waals surface area contributed by atoms with E-state index in [4.69, 9.17) is 9.47 Å². The fourth-order valence-electron chi connectivity index (χ4n) is 1.87. The van der Waals surface area contributed by atoms with Crippen molar-refractivity contribution in [2.45, 2.75) is 6.42 Å². The Balaban J connectivity index is 0.000000771. The van der Waals surface area contributed by atoms with Crippen molar-refractivity contribution in [2.75, 3.05) is 27.0 Å². The maximum absolute atomic E-state index is 11.5. The van der Waals surface area contributed by atoms with Gasteiger partial charge < -0.3 is 14.8 Å². The molecule has 100 valence electrons. The van der Waals surface area contributed by atoms with Crippen LogP contribution in [-0.2, 0) is 11.2 Å². The number of methoxy groups -OCH3 is 1. The highest BCUT2D eigenvalue weighted by Gasteiger charge is 2.25. The summed E-state index contributed by atoms with van der Waals surface area (Å²) in [7, 11) is 3.27. The highest BCUT2D eigenvalue weighted by Crippen LogP contribution is 2.30. The third-order valence-electron chi connectivity index (χ3n) is 2.79. The molecule has 0 spiro atoms. The molecular weight excluding hydrogens is 250 g/mol. The zero-order valence-corrected chi connectivity index (χ0v) is 11.8. The molecular formula is C13H19NO3S.